The normalized spacial score (nSPS) is 11.3. The Hall–Kier alpha value is -1.72. The van der Waals surface area contributed by atoms with Crippen molar-refractivity contribution >= 4 is 10.9 Å². The second kappa shape index (κ2) is 14.3. The van der Waals surface area contributed by atoms with Gasteiger partial charge < -0.3 is 14.8 Å². The zero-order valence-corrected chi connectivity index (χ0v) is 19.7. The Balaban J connectivity index is 0. The van der Waals surface area contributed by atoms with Crippen LogP contribution in [0.15, 0.2) is 30.6 Å². The van der Waals surface area contributed by atoms with Crippen LogP contribution in [0.1, 0.15) is 73.1 Å². The summed E-state index contributed by atoms with van der Waals surface area (Å²) in [7, 11) is 0. The molecule has 0 saturated heterocycles. The molecule has 1 aromatic carbocycles. The first-order valence-electron chi connectivity index (χ1n) is 10.4. The Morgan fingerprint density at radius 3 is 2.03 bits per heavy atom. The number of aliphatic hydroxyl groups is 2. The van der Waals surface area contributed by atoms with E-state index in [0.717, 1.165) is 16.6 Å². The van der Waals surface area contributed by atoms with Crippen LogP contribution in [0.3, 0.4) is 0 Å². The van der Waals surface area contributed by atoms with E-state index in [2.05, 4.69) is 33.4 Å². The van der Waals surface area contributed by atoms with Gasteiger partial charge in [-0.1, -0.05) is 55.0 Å². The summed E-state index contributed by atoms with van der Waals surface area (Å²) in [5, 5.41) is 20.0. The quantitative estimate of drug-likeness (QED) is 0.588. The lowest BCUT2D eigenvalue weighted by Crippen LogP contribution is -2.23. The van der Waals surface area contributed by atoms with Gasteiger partial charge in [-0.05, 0) is 44.0 Å². The average molecular weight is 414 g/mol. The van der Waals surface area contributed by atoms with Crippen LogP contribution in [0.2, 0.25) is 0 Å². The van der Waals surface area contributed by atoms with Crippen LogP contribution in [-0.2, 0) is 12.0 Å². The Morgan fingerprint density at radius 1 is 1.14 bits per heavy atom. The van der Waals surface area contributed by atoms with Gasteiger partial charge in [0.1, 0.15) is 5.82 Å². The van der Waals surface area contributed by atoms with E-state index in [0.29, 0.717) is 18.5 Å². The first kappa shape index (κ1) is 29.5. The number of aliphatic hydroxyl groups excluding tert-OH is 2. The number of fused-ring (bicyclic) bond motifs is 1. The average Bonchev–Trinajstić information content (AvgIpc) is 2.96. The molecule has 1 aromatic heterocycles. The van der Waals surface area contributed by atoms with Gasteiger partial charge in [0.05, 0.1) is 17.4 Å². The van der Waals surface area contributed by atoms with E-state index in [-0.39, 0.29) is 23.7 Å². The molecule has 0 fully saturated rings. The fourth-order valence-corrected chi connectivity index (χ4v) is 2.67. The summed E-state index contributed by atoms with van der Waals surface area (Å²) in [5.74, 6) is -0.570. The van der Waals surface area contributed by atoms with Gasteiger partial charge in [-0.2, -0.15) is 0 Å². The van der Waals surface area contributed by atoms with Crippen molar-refractivity contribution in [2.45, 2.75) is 86.8 Å². The van der Waals surface area contributed by atoms with Crippen LogP contribution >= 0.6 is 0 Å². The number of halogens is 2. The van der Waals surface area contributed by atoms with Gasteiger partial charge >= 0.3 is 0 Å². The molecule has 1 unspecified atom stereocenters. The largest absolute Gasteiger partial charge is 0.396 e. The Bertz CT molecular complexity index is 727. The Morgan fingerprint density at radius 2 is 1.62 bits per heavy atom. The standard InChI is InChI=1S/C17H24FNO2.C3H5F.2C2H6/c1-11-7-12-8-16(17(2,3)4)19(10-13(21)5-6-20)15(12)9-14(11)18;1-3(2)4;2*1-2/h7-9,13,20-21H,5-6,10H2,1-4H3;1H2,2H3;2*1-2H3. The molecule has 0 amide bonds. The summed E-state index contributed by atoms with van der Waals surface area (Å²) < 4.78 is 26.7. The molecular weight excluding hydrogens is 372 g/mol. The van der Waals surface area contributed by atoms with E-state index in [4.69, 9.17) is 5.11 Å². The van der Waals surface area contributed by atoms with E-state index in [1.54, 1.807) is 6.92 Å². The van der Waals surface area contributed by atoms with E-state index >= 15 is 0 Å². The van der Waals surface area contributed by atoms with Crippen molar-refractivity contribution in [2.24, 2.45) is 0 Å². The highest BCUT2D eigenvalue weighted by Crippen LogP contribution is 2.31. The maximum absolute atomic E-state index is 13.9. The molecule has 2 N–H and O–H groups in total. The molecule has 0 aliphatic rings. The summed E-state index contributed by atoms with van der Waals surface area (Å²) in [6.07, 6.45) is -0.325. The number of benzene rings is 1. The highest BCUT2D eigenvalue weighted by Gasteiger charge is 2.22. The smallest absolute Gasteiger partial charge is 0.128 e. The summed E-state index contributed by atoms with van der Waals surface area (Å²) >= 11 is 0. The van der Waals surface area contributed by atoms with Gasteiger partial charge in [0.15, 0.2) is 0 Å². The first-order chi connectivity index (χ1) is 13.5. The zero-order chi connectivity index (χ0) is 23.4. The lowest BCUT2D eigenvalue weighted by atomic mass is 9.92. The highest BCUT2D eigenvalue weighted by molar-refractivity contribution is 5.82. The fraction of sp³-hybridized carbons (Fsp3) is 0.583. The van der Waals surface area contributed by atoms with Crippen LogP contribution < -0.4 is 0 Å². The summed E-state index contributed by atoms with van der Waals surface area (Å²) in [5.41, 5.74) is 2.36. The third-order valence-corrected chi connectivity index (χ3v) is 3.81. The molecule has 29 heavy (non-hydrogen) atoms. The number of aryl methyl sites for hydroxylation is 1. The number of hydrogen-bond donors (Lipinski definition) is 2. The molecule has 2 aromatic rings. The van der Waals surface area contributed by atoms with Crippen molar-refractivity contribution in [3.8, 4) is 0 Å². The lowest BCUT2D eigenvalue weighted by Gasteiger charge is -2.23. The molecule has 0 bridgehead atoms. The van der Waals surface area contributed by atoms with Crippen molar-refractivity contribution in [3.63, 3.8) is 0 Å². The van der Waals surface area contributed by atoms with Gasteiger partial charge in [-0.3, -0.25) is 0 Å². The Kier molecular flexibility index (Phi) is 14.5. The van der Waals surface area contributed by atoms with Crippen LogP contribution in [0, 0.1) is 12.7 Å². The van der Waals surface area contributed by atoms with Crippen molar-refractivity contribution < 1.29 is 19.0 Å². The molecule has 0 aliphatic carbocycles. The van der Waals surface area contributed by atoms with Gasteiger partial charge in [0.2, 0.25) is 0 Å². The number of aromatic nitrogens is 1. The molecule has 0 saturated carbocycles. The van der Waals surface area contributed by atoms with Crippen LogP contribution in [-0.4, -0.2) is 27.5 Å². The fourth-order valence-electron chi connectivity index (χ4n) is 2.67. The minimum atomic E-state index is -0.643. The monoisotopic (exact) mass is 413 g/mol. The highest BCUT2D eigenvalue weighted by atomic mass is 19.1. The van der Waals surface area contributed by atoms with Gasteiger partial charge in [-0.15, -0.1) is 0 Å². The number of nitrogens with zero attached hydrogens (tertiary/aromatic N) is 1. The second-order valence-corrected chi connectivity index (χ2v) is 7.39. The molecule has 0 spiro atoms. The molecule has 0 radical (unpaired) electrons. The first-order valence-corrected chi connectivity index (χ1v) is 10.4. The third kappa shape index (κ3) is 10.0. The van der Waals surface area contributed by atoms with Crippen LogP contribution in [0.5, 0.6) is 0 Å². The number of allylic oxidation sites excluding steroid dienone is 1. The SMILES string of the molecule is C=C(C)F.CC.CC.Cc1cc2cc(C(C)(C)C)n(CC(O)CCO)c2cc1F. The molecule has 168 valence electrons. The second-order valence-electron chi connectivity index (χ2n) is 7.39. The van der Waals surface area contributed by atoms with E-state index in [1.165, 1.54) is 13.0 Å². The molecular formula is C24H41F2NO2. The summed E-state index contributed by atoms with van der Waals surface area (Å²) in [6.45, 7) is 20.5. The number of rotatable bonds is 4. The minimum Gasteiger partial charge on any atom is -0.396 e. The number of hydrogen-bond acceptors (Lipinski definition) is 2. The van der Waals surface area contributed by atoms with E-state index in [1.807, 2.05) is 38.3 Å². The third-order valence-electron chi connectivity index (χ3n) is 3.81. The minimum absolute atomic E-state index is 0.0569. The van der Waals surface area contributed by atoms with Crippen LogP contribution in [0.25, 0.3) is 10.9 Å². The maximum atomic E-state index is 13.9. The van der Waals surface area contributed by atoms with Crippen molar-refractivity contribution in [1.29, 1.82) is 0 Å². The summed E-state index contributed by atoms with van der Waals surface area (Å²) in [4.78, 5) is 0. The Labute approximate surface area is 176 Å². The topological polar surface area (TPSA) is 45.4 Å². The van der Waals surface area contributed by atoms with Gasteiger partial charge in [0, 0.05) is 29.6 Å². The molecule has 0 aliphatic heterocycles. The van der Waals surface area contributed by atoms with E-state index < -0.39 is 6.10 Å². The summed E-state index contributed by atoms with van der Waals surface area (Å²) in [6, 6.07) is 5.44. The molecule has 3 nitrogen and oxygen atoms in total. The van der Waals surface area contributed by atoms with Gasteiger partial charge in [0.25, 0.3) is 0 Å². The van der Waals surface area contributed by atoms with Crippen molar-refractivity contribution in [1.82, 2.24) is 4.57 Å². The van der Waals surface area contributed by atoms with Crippen molar-refractivity contribution in [2.75, 3.05) is 6.61 Å². The molecule has 1 atom stereocenters. The molecule has 2 rings (SSSR count). The van der Waals surface area contributed by atoms with Crippen molar-refractivity contribution in [3.05, 3.63) is 47.7 Å². The molecule has 1 heterocycles. The lowest BCUT2D eigenvalue weighted by molar-refractivity contribution is 0.116. The zero-order valence-electron chi connectivity index (χ0n) is 19.7. The van der Waals surface area contributed by atoms with Gasteiger partial charge in [-0.25, -0.2) is 8.78 Å². The predicted molar refractivity (Wildman–Crippen MR) is 122 cm³/mol. The maximum Gasteiger partial charge on any atom is 0.128 e. The van der Waals surface area contributed by atoms with E-state index in [9.17, 15) is 13.9 Å². The predicted octanol–water partition coefficient (Wildman–Crippen LogP) is 6.67. The molecule has 5 heteroatoms. The van der Waals surface area contributed by atoms with Crippen LogP contribution in [0.4, 0.5) is 8.78 Å².